The number of ether oxygens (including phenoxy) is 1. The molecule has 30 heavy (non-hydrogen) atoms. The first-order valence-corrected chi connectivity index (χ1v) is 10.2. The molecule has 5 rings (SSSR count). The zero-order valence-corrected chi connectivity index (χ0v) is 17.1. The third kappa shape index (κ3) is 3.06. The van der Waals surface area contributed by atoms with E-state index >= 15 is 0 Å². The van der Waals surface area contributed by atoms with E-state index in [9.17, 15) is 14.4 Å². The maximum atomic E-state index is 13.1. The molecule has 2 aliphatic rings. The quantitative estimate of drug-likeness (QED) is 0.326. The van der Waals surface area contributed by atoms with Gasteiger partial charge in [-0.25, -0.2) is 9.69 Å². The second-order valence-corrected chi connectivity index (χ2v) is 9.00. The number of rotatable bonds is 4. The molecular formula is C23H15Cl2NO4. The molecule has 1 saturated carbocycles. The largest absolute Gasteiger partial charge is 0.462 e. The lowest BCUT2D eigenvalue weighted by atomic mass is 9.94. The maximum Gasteiger partial charge on any atom is 0.338 e. The Labute approximate surface area is 182 Å². The number of carbonyl (C=O) groups is 3. The fourth-order valence-electron chi connectivity index (χ4n) is 3.72. The zero-order chi connectivity index (χ0) is 21.0. The van der Waals surface area contributed by atoms with E-state index in [2.05, 4.69) is 0 Å². The fraction of sp³-hybridized carbons (Fsp3) is 0.174. The van der Waals surface area contributed by atoms with Crippen LogP contribution in [0.15, 0.2) is 60.7 Å². The Kier molecular flexibility index (Phi) is 4.34. The summed E-state index contributed by atoms with van der Waals surface area (Å²) in [5.41, 5.74) is 1.65. The molecule has 1 aliphatic carbocycles. The third-order valence-electron chi connectivity index (χ3n) is 5.50. The number of alkyl halides is 2. The van der Waals surface area contributed by atoms with Crippen molar-refractivity contribution in [3.05, 3.63) is 77.4 Å². The molecule has 1 fully saturated rings. The van der Waals surface area contributed by atoms with E-state index < -0.39 is 22.1 Å². The van der Waals surface area contributed by atoms with Crippen LogP contribution in [-0.2, 0) is 4.74 Å². The molecule has 0 aromatic heterocycles. The highest BCUT2D eigenvalue weighted by Gasteiger charge is 2.52. The standard InChI is InChI=1S/C23H15Cl2NO4/c24-23(25)11-15(23)12-30-22(29)14-7-9-16(10-8-14)26-20(27)17-5-1-3-13-4-2-6-18(19(13)17)21(26)28/h1-10,15H,11-12H2. The summed E-state index contributed by atoms with van der Waals surface area (Å²) >= 11 is 11.9. The minimum absolute atomic E-state index is 0.0598. The number of carbonyl (C=O) groups excluding carboxylic acids is 3. The van der Waals surface area contributed by atoms with Gasteiger partial charge in [-0.05, 0) is 48.2 Å². The molecule has 150 valence electrons. The lowest BCUT2D eigenvalue weighted by Gasteiger charge is -2.27. The van der Waals surface area contributed by atoms with E-state index in [1.165, 1.54) is 12.1 Å². The summed E-state index contributed by atoms with van der Waals surface area (Å²) < 4.78 is 4.44. The number of halogens is 2. The van der Waals surface area contributed by atoms with E-state index in [4.69, 9.17) is 27.9 Å². The topological polar surface area (TPSA) is 63.7 Å². The summed E-state index contributed by atoms with van der Waals surface area (Å²) in [6.07, 6.45) is 0.593. The first-order valence-electron chi connectivity index (χ1n) is 9.42. The van der Waals surface area contributed by atoms with Crippen LogP contribution in [-0.4, -0.2) is 28.7 Å². The molecule has 3 aromatic carbocycles. The maximum absolute atomic E-state index is 13.1. The molecule has 1 atom stereocenters. The van der Waals surface area contributed by atoms with Crippen molar-refractivity contribution in [2.75, 3.05) is 11.5 Å². The average Bonchev–Trinajstić information content (AvgIpc) is 3.37. The monoisotopic (exact) mass is 439 g/mol. The Bertz CT molecular complexity index is 1170. The Hall–Kier alpha value is -2.89. The van der Waals surface area contributed by atoms with Gasteiger partial charge in [0.05, 0.1) is 17.9 Å². The molecule has 1 heterocycles. The average molecular weight is 440 g/mol. The van der Waals surface area contributed by atoms with Gasteiger partial charge in [0.25, 0.3) is 11.8 Å². The number of nitrogens with zero attached hydrogens (tertiary/aromatic N) is 1. The van der Waals surface area contributed by atoms with Crippen LogP contribution in [0.25, 0.3) is 10.8 Å². The van der Waals surface area contributed by atoms with Crippen molar-refractivity contribution in [2.24, 2.45) is 5.92 Å². The SMILES string of the molecule is O=C(OCC1CC1(Cl)Cl)c1ccc(N2C(=O)c3cccc4cccc(c34)C2=O)cc1. The van der Waals surface area contributed by atoms with Crippen molar-refractivity contribution < 1.29 is 19.1 Å². The highest BCUT2D eigenvalue weighted by molar-refractivity contribution is 6.50. The van der Waals surface area contributed by atoms with E-state index in [0.717, 1.165) is 10.3 Å². The summed E-state index contributed by atoms with van der Waals surface area (Å²) in [4.78, 5) is 39.5. The van der Waals surface area contributed by atoms with Crippen LogP contribution in [0.3, 0.4) is 0 Å². The molecule has 1 unspecified atom stereocenters. The molecule has 2 amide bonds. The van der Waals surface area contributed by atoms with Crippen molar-refractivity contribution in [3.8, 4) is 0 Å². The molecule has 0 saturated heterocycles. The Morgan fingerprint density at radius 2 is 1.53 bits per heavy atom. The lowest BCUT2D eigenvalue weighted by Crippen LogP contribution is -2.40. The van der Waals surface area contributed by atoms with Crippen molar-refractivity contribution in [3.63, 3.8) is 0 Å². The van der Waals surface area contributed by atoms with Gasteiger partial charge in [-0.15, -0.1) is 23.2 Å². The highest BCUT2D eigenvalue weighted by atomic mass is 35.5. The van der Waals surface area contributed by atoms with E-state index in [1.807, 2.05) is 12.1 Å². The number of esters is 1. The number of amides is 2. The van der Waals surface area contributed by atoms with Gasteiger partial charge < -0.3 is 4.74 Å². The van der Waals surface area contributed by atoms with Crippen LogP contribution < -0.4 is 4.90 Å². The Balaban J connectivity index is 1.40. The number of benzene rings is 3. The first kappa shape index (κ1) is 19.1. The molecule has 0 radical (unpaired) electrons. The van der Waals surface area contributed by atoms with Crippen LogP contribution in [0, 0.1) is 5.92 Å². The van der Waals surface area contributed by atoms with Crippen LogP contribution in [0.5, 0.6) is 0 Å². The van der Waals surface area contributed by atoms with Crippen LogP contribution in [0.1, 0.15) is 37.5 Å². The van der Waals surface area contributed by atoms with Gasteiger partial charge in [0, 0.05) is 22.4 Å². The molecule has 1 aliphatic heterocycles. The van der Waals surface area contributed by atoms with Gasteiger partial charge in [0.2, 0.25) is 0 Å². The smallest absolute Gasteiger partial charge is 0.338 e. The minimum atomic E-state index is -0.807. The van der Waals surface area contributed by atoms with Crippen LogP contribution >= 0.6 is 23.2 Å². The lowest BCUT2D eigenvalue weighted by molar-refractivity contribution is 0.0485. The van der Waals surface area contributed by atoms with Gasteiger partial charge in [-0.2, -0.15) is 0 Å². The van der Waals surface area contributed by atoms with Crippen molar-refractivity contribution in [1.82, 2.24) is 0 Å². The molecule has 7 heteroatoms. The predicted octanol–water partition coefficient (Wildman–Crippen LogP) is 4.99. The predicted molar refractivity (Wildman–Crippen MR) is 114 cm³/mol. The van der Waals surface area contributed by atoms with Gasteiger partial charge in [0.15, 0.2) is 0 Å². The molecule has 5 nitrogen and oxygen atoms in total. The molecule has 0 bridgehead atoms. The molecule has 0 spiro atoms. The number of imide groups is 1. The van der Waals surface area contributed by atoms with Crippen LogP contribution in [0.4, 0.5) is 5.69 Å². The molecular weight excluding hydrogens is 425 g/mol. The van der Waals surface area contributed by atoms with Gasteiger partial charge in [-0.1, -0.05) is 24.3 Å². The summed E-state index contributed by atoms with van der Waals surface area (Å²) in [6, 6.07) is 16.9. The zero-order valence-electron chi connectivity index (χ0n) is 15.6. The van der Waals surface area contributed by atoms with Crippen LogP contribution in [0.2, 0.25) is 0 Å². The summed E-state index contributed by atoms with van der Waals surface area (Å²) in [5, 5.41) is 1.51. The van der Waals surface area contributed by atoms with E-state index in [-0.39, 0.29) is 12.5 Å². The van der Waals surface area contributed by atoms with Crippen molar-refractivity contribution in [2.45, 2.75) is 10.8 Å². The Morgan fingerprint density at radius 3 is 2.07 bits per heavy atom. The highest BCUT2D eigenvalue weighted by Crippen LogP contribution is 2.53. The third-order valence-corrected chi connectivity index (χ3v) is 6.43. The number of anilines is 1. The number of hydrogen-bond acceptors (Lipinski definition) is 4. The summed E-state index contributed by atoms with van der Waals surface area (Å²) in [7, 11) is 0. The summed E-state index contributed by atoms with van der Waals surface area (Å²) in [6.45, 7) is 0.150. The second kappa shape index (κ2) is 6.83. The van der Waals surface area contributed by atoms with Gasteiger partial charge in [0.1, 0.15) is 4.33 Å². The minimum Gasteiger partial charge on any atom is -0.462 e. The normalized spacial score (nSPS) is 19.1. The van der Waals surface area contributed by atoms with Crippen molar-refractivity contribution >= 4 is 57.4 Å². The van der Waals surface area contributed by atoms with Crippen molar-refractivity contribution in [1.29, 1.82) is 0 Å². The fourth-order valence-corrected chi connectivity index (χ4v) is 4.22. The molecule has 3 aromatic rings. The number of hydrogen-bond donors (Lipinski definition) is 0. The van der Waals surface area contributed by atoms with Gasteiger partial charge in [-0.3, -0.25) is 9.59 Å². The molecule has 0 N–H and O–H groups in total. The Morgan fingerprint density at radius 1 is 0.967 bits per heavy atom. The first-order chi connectivity index (χ1) is 14.4. The van der Waals surface area contributed by atoms with E-state index in [0.29, 0.717) is 34.2 Å². The van der Waals surface area contributed by atoms with Gasteiger partial charge >= 0.3 is 5.97 Å². The summed E-state index contributed by atoms with van der Waals surface area (Å²) in [5.74, 6) is -1.36. The second-order valence-electron chi connectivity index (χ2n) is 7.46. The van der Waals surface area contributed by atoms with E-state index in [1.54, 1.807) is 36.4 Å².